The summed E-state index contributed by atoms with van der Waals surface area (Å²) in [5.41, 5.74) is 3.41. The van der Waals surface area contributed by atoms with Crippen LogP contribution in [0.1, 0.15) is 29.9 Å². The highest BCUT2D eigenvalue weighted by Gasteiger charge is 2.26. The zero-order valence-electron chi connectivity index (χ0n) is 21.2. The van der Waals surface area contributed by atoms with E-state index >= 15 is 0 Å². The van der Waals surface area contributed by atoms with Crippen LogP contribution in [0.5, 0.6) is 11.5 Å². The summed E-state index contributed by atoms with van der Waals surface area (Å²) in [6, 6.07) is 14.1. The van der Waals surface area contributed by atoms with Gasteiger partial charge in [-0.15, -0.1) is 0 Å². The number of aryl methyl sites for hydroxylation is 1. The Labute approximate surface area is 216 Å². The van der Waals surface area contributed by atoms with E-state index in [0.29, 0.717) is 36.3 Å². The fourth-order valence-corrected chi connectivity index (χ4v) is 5.14. The van der Waals surface area contributed by atoms with Crippen LogP contribution in [0, 0.1) is 12.8 Å². The summed E-state index contributed by atoms with van der Waals surface area (Å²) in [5, 5.41) is 7.24. The zero-order chi connectivity index (χ0) is 25.3. The van der Waals surface area contributed by atoms with Gasteiger partial charge in [-0.2, -0.15) is 16.7 Å². The molecule has 0 radical (unpaired) electrons. The minimum atomic E-state index is 0.0630. The SMILES string of the molecule is COc1ccc(-c2noc(CN3CCC(C(=O)NCCSCc4cccc(C)c4)CC3)n2)cc1OC. The van der Waals surface area contributed by atoms with Gasteiger partial charge in [-0.25, -0.2) is 0 Å². The van der Waals surface area contributed by atoms with Gasteiger partial charge < -0.3 is 19.3 Å². The molecule has 1 N–H and O–H groups in total. The van der Waals surface area contributed by atoms with Crippen LogP contribution in [0.2, 0.25) is 0 Å². The number of benzene rings is 2. The second-order valence-corrected chi connectivity index (χ2v) is 10.1. The first-order valence-corrected chi connectivity index (χ1v) is 13.4. The largest absolute Gasteiger partial charge is 0.493 e. The molecule has 3 aromatic rings. The van der Waals surface area contributed by atoms with E-state index in [1.54, 1.807) is 14.2 Å². The quantitative estimate of drug-likeness (QED) is 0.382. The minimum absolute atomic E-state index is 0.0630. The monoisotopic (exact) mass is 510 g/mol. The standard InChI is InChI=1S/C27H34N4O4S/c1-19-5-4-6-20(15-19)18-36-14-11-28-27(32)21-9-12-31(13-10-21)17-25-29-26(30-35-25)22-7-8-23(33-2)24(16-22)34-3/h4-8,15-16,21H,9-14,17-18H2,1-3H3,(H,28,32). The lowest BCUT2D eigenvalue weighted by Gasteiger charge is -2.30. The molecule has 192 valence electrons. The lowest BCUT2D eigenvalue weighted by Crippen LogP contribution is -2.40. The third-order valence-electron chi connectivity index (χ3n) is 6.32. The average molecular weight is 511 g/mol. The Balaban J connectivity index is 1.17. The Bertz CT molecular complexity index is 1140. The zero-order valence-corrected chi connectivity index (χ0v) is 22.0. The number of likely N-dealkylation sites (tertiary alicyclic amines) is 1. The van der Waals surface area contributed by atoms with Crippen LogP contribution in [0.15, 0.2) is 47.0 Å². The molecule has 4 rings (SSSR count). The Morgan fingerprint density at radius 3 is 2.69 bits per heavy atom. The number of ether oxygens (including phenoxy) is 2. The minimum Gasteiger partial charge on any atom is -0.493 e. The van der Waals surface area contributed by atoms with Gasteiger partial charge in [-0.1, -0.05) is 35.0 Å². The van der Waals surface area contributed by atoms with E-state index in [-0.39, 0.29) is 11.8 Å². The molecule has 1 aromatic heterocycles. The second-order valence-electron chi connectivity index (χ2n) is 8.96. The smallest absolute Gasteiger partial charge is 0.241 e. The Morgan fingerprint density at radius 2 is 1.94 bits per heavy atom. The summed E-state index contributed by atoms with van der Waals surface area (Å²) in [5.74, 6) is 4.46. The maximum atomic E-state index is 12.6. The van der Waals surface area contributed by atoms with Gasteiger partial charge in [0.15, 0.2) is 11.5 Å². The molecular formula is C27H34N4O4S. The van der Waals surface area contributed by atoms with E-state index in [9.17, 15) is 4.79 Å². The number of carbonyl (C=O) groups excluding carboxylic acids is 1. The first-order chi connectivity index (χ1) is 17.6. The van der Waals surface area contributed by atoms with E-state index in [1.807, 2.05) is 30.0 Å². The molecule has 1 saturated heterocycles. The predicted octanol–water partition coefficient (Wildman–Crippen LogP) is 4.32. The van der Waals surface area contributed by atoms with Crippen molar-refractivity contribution in [1.82, 2.24) is 20.4 Å². The lowest BCUT2D eigenvalue weighted by molar-refractivity contribution is -0.126. The van der Waals surface area contributed by atoms with Gasteiger partial charge in [0, 0.05) is 29.5 Å². The summed E-state index contributed by atoms with van der Waals surface area (Å²) in [7, 11) is 3.20. The van der Waals surface area contributed by atoms with Crippen molar-refractivity contribution in [2.24, 2.45) is 5.92 Å². The van der Waals surface area contributed by atoms with Crippen molar-refractivity contribution < 1.29 is 18.8 Å². The number of thioether (sulfide) groups is 1. The second kappa shape index (κ2) is 12.8. The van der Waals surface area contributed by atoms with Crippen LogP contribution < -0.4 is 14.8 Å². The average Bonchev–Trinajstić information content (AvgIpc) is 3.37. The van der Waals surface area contributed by atoms with E-state index in [0.717, 1.165) is 43.0 Å². The number of piperidine rings is 1. The summed E-state index contributed by atoms with van der Waals surface area (Å²) in [6.45, 7) is 5.04. The molecule has 0 saturated carbocycles. The van der Waals surface area contributed by atoms with Crippen LogP contribution in [-0.2, 0) is 17.1 Å². The van der Waals surface area contributed by atoms with Gasteiger partial charge in [0.2, 0.25) is 17.6 Å². The molecule has 1 fully saturated rings. The topological polar surface area (TPSA) is 89.7 Å². The van der Waals surface area contributed by atoms with Crippen molar-refractivity contribution >= 4 is 17.7 Å². The van der Waals surface area contributed by atoms with Gasteiger partial charge >= 0.3 is 0 Å². The van der Waals surface area contributed by atoms with Gasteiger partial charge in [0.25, 0.3) is 0 Å². The fraction of sp³-hybridized carbons (Fsp3) is 0.444. The molecule has 8 nitrogen and oxygen atoms in total. The van der Waals surface area contributed by atoms with Crippen LogP contribution >= 0.6 is 11.8 Å². The molecule has 9 heteroatoms. The van der Waals surface area contributed by atoms with E-state index < -0.39 is 0 Å². The molecule has 1 aliphatic heterocycles. The van der Waals surface area contributed by atoms with Crippen molar-refractivity contribution in [1.29, 1.82) is 0 Å². The predicted molar refractivity (Wildman–Crippen MR) is 141 cm³/mol. The first-order valence-electron chi connectivity index (χ1n) is 12.2. The van der Waals surface area contributed by atoms with Gasteiger partial charge in [0.05, 0.1) is 20.8 Å². The molecule has 0 unspecified atom stereocenters. The Kier molecular flexibility index (Phi) is 9.24. The van der Waals surface area contributed by atoms with Crippen LogP contribution in [0.4, 0.5) is 0 Å². The Hall–Kier alpha value is -3.04. The number of nitrogens with one attached hydrogen (secondary N) is 1. The molecule has 0 bridgehead atoms. The highest BCUT2D eigenvalue weighted by atomic mass is 32.2. The third-order valence-corrected chi connectivity index (χ3v) is 7.35. The van der Waals surface area contributed by atoms with Crippen molar-refractivity contribution in [2.45, 2.75) is 32.1 Å². The number of hydrogen-bond donors (Lipinski definition) is 1. The molecule has 2 heterocycles. The molecular weight excluding hydrogens is 476 g/mol. The normalized spacial score (nSPS) is 14.5. The molecule has 0 aliphatic carbocycles. The summed E-state index contributed by atoms with van der Waals surface area (Å²) in [6.07, 6.45) is 1.66. The first kappa shape index (κ1) is 26.0. The number of carbonyl (C=O) groups is 1. The molecule has 0 atom stereocenters. The third kappa shape index (κ3) is 7.01. The molecule has 2 aromatic carbocycles. The molecule has 1 amide bonds. The van der Waals surface area contributed by atoms with Gasteiger partial charge in [-0.05, 0) is 56.6 Å². The van der Waals surface area contributed by atoms with Gasteiger partial charge in [-0.3, -0.25) is 9.69 Å². The number of amides is 1. The van der Waals surface area contributed by atoms with Crippen molar-refractivity contribution in [3.05, 3.63) is 59.5 Å². The van der Waals surface area contributed by atoms with E-state index in [4.69, 9.17) is 14.0 Å². The Morgan fingerprint density at radius 1 is 1.14 bits per heavy atom. The number of methoxy groups -OCH3 is 2. The number of rotatable bonds is 11. The molecule has 0 spiro atoms. The van der Waals surface area contributed by atoms with Crippen molar-refractivity contribution in [2.75, 3.05) is 39.6 Å². The van der Waals surface area contributed by atoms with Crippen LogP contribution in [-0.4, -0.2) is 60.6 Å². The fourth-order valence-electron chi connectivity index (χ4n) is 4.34. The van der Waals surface area contributed by atoms with E-state index in [2.05, 4.69) is 51.5 Å². The number of hydrogen-bond acceptors (Lipinski definition) is 8. The lowest BCUT2D eigenvalue weighted by atomic mass is 9.96. The summed E-state index contributed by atoms with van der Waals surface area (Å²) >= 11 is 1.85. The highest BCUT2D eigenvalue weighted by Crippen LogP contribution is 2.31. The van der Waals surface area contributed by atoms with Crippen molar-refractivity contribution in [3.8, 4) is 22.9 Å². The summed E-state index contributed by atoms with van der Waals surface area (Å²) in [4.78, 5) is 19.4. The number of aromatic nitrogens is 2. The van der Waals surface area contributed by atoms with Gasteiger partial charge in [0.1, 0.15) is 0 Å². The molecule has 36 heavy (non-hydrogen) atoms. The maximum absolute atomic E-state index is 12.6. The molecule has 1 aliphatic rings. The summed E-state index contributed by atoms with van der Waals surface area (Å²) < 4.78 is 16.1. The van der Waals surface area contributed by atoms with E-state index in [1.165, 1.54) is 11.1 Å². The maximum Gasteiger partial charge on any atom is 0.241 e. The van der Waals surface area contributed by atoms with Crippen LogP contribution in [0.3, 0.4) is 0 Å². The van der Waals surface area contributed by atoms with Crippen LogP contribution in [0.25, 0.3) is 11.4 Å². The number of nitrogens with zero attached hydrogens (tertiary/aromatic N) is 3. The van der Waals surface area contributed by atoms with Crippen molar-refractivity contribution in [3.63, 3.8) is 0 Å². The highest BCUT2D eigenvalue weighted by molar-refractivity contribution is 7.98.